The number of pyridine rings is 1. The second-order valence-corrected chi connectivity index (χ2v) is 18.1. The highest BCUT2D eigenvalue weighted by Gasteiger charge is 2.45. The van der Waals surface area contributed by atoms with Gasteiger partial charge in [-0.3, -0.25) is 14.2 Å². The first-order valence-electron chi connectivity index (χ1n) is 16.0. The minimum Gasteiger partial charge on any atom is -0.346 e. The summed E-state index contributed by atoms with van der Waals surface area (Å²) in [5.74, 6) is 3.67. The number of aromatic nitrogens is 5. The molecular weight excluding hydrogens is 736 g/mol. The standard InChI is InChI=1S/C35H34ClF2N7O5S2/c1-35(2,52(49,50)25-6-7-25)12-11-24-5-8-26(27-9-10-28(36)31-33(27)44(3)42-34(31)43-51(4,47)48)32(40-24)29(17-21-15-22(37)18-23(38)16-21)41-30(46)19-45-14-13-39-20-45/h5,8-10,13-16,18,20,25,29H,6-7,17,19H2,1-4H3,(H,41,46)(H,42,43)/t29-/m0/s1. The van der Waals surface area contributed by atoms with E-state index in [0.29, 0.717) is 34.9 Å². The lowest BCUT2D eigenvalue weighted by atomic mass is 9.93. The molecule has 17 heteroatoms. The quantitative estimate of drug-likeness (QED) is 0.179. The van der Waals surface area contributed by atoms with Crippen molar-refractivity contribution in [1.82, 2.24) is 29.6 Å². The van der Waals surface area contributed by atoms with Gasteiger partial charge >= 0.3 is 0 Å². The number of carbonyl (C=O) groups is 1. The molecule has 0 radical (unpaired) electrons. The van der Waals surface area contributed by atoms with Crippen molar-refractivity contribution in [2.45, 2.75) is 55.7 Å². The third-order valence-electron chi connectivity index (χ3n) is 8.51. The lowest BCUT2D eigenvalue weighted by Crippen LogP contribution is -2.34. The maximum atomic E-state index is 14.5. The summed E-state index contributed by atoms with van der Waals surface area (Å²) in [6, 6.07) is 8.52. The Bertz CT molecular complexity index is 2470. The number of rotatable bonds is 11. The van der Waals surface area contributed by atoms with E-state index in [2.05, 4.69) is 32.0 Å². The molecule has 52 heavy (non-hydrogen) atoms. The molecule has 1 atom stereocenters. The number of hydrogen-bond acceptors (Lipinski definition) is 8. The second kappa shape index (κ2) is 13.9. The van der Waals surface area contributed by atoms with Crippen LogP contribution in [0.5, 0.6) is 0 Å². The number of sulfone groups is 1. The van der Waals surface area contributed by atoms with Gasteiger partial charge in [0.05, 0.1) is 45.5 Å². The van der Waals surface area contributed by atoms with E-state index in [1.165, 1.54) is 31.1 Å². The van der Waals surface area contributed by atoms with E-state index in [9.17, 15) is 30.4 Å². The molecule has 1 saturated carbocycles. The molecule has 1 amide bonds. The molecule has 1 fully saturated rings. The maximum Gasteiger partial charge on any atom is 0.240 e. The van der Waals surface area contributed by atoms with Crippen molar-refractivity contribution in [3.63, 3.8) is 0 Å². The van der Waals surface area contributed by atoms with Gasteiger partial charge in [0.25, 0.3) is 0 Å². The summed E-state index contributed by atoms with van der Waals surface area (Å²) in [5.41, 5.74) is 1.93. The molecule has 0 saturated heterocycles. The summed E-state index contributed by atoms with van der Waals surface area (Å²) < 4.78 is 83.6. The van der Waals surface area contributed by atoms with Crippen LogP contribution in [0.1, 0.15) is 49.7 Å². The van der Waals surface area contributed by atoms with Gasteiger partial charge < -0.3 is 9.88 Å². The smallest absolute Gasteiger partial charge is 0.240 e. The molecule has 1 aliphatic carbocycles. The van der Waals surface area contributed by atoms with Gasteiger partial charge in [-0.25, -0.2) is 35.6 Å². The van der Waals surface area contributed by atoms with Crippen LogP contribution in [-0.4, -0.2) is 63.3 Å². The van der Waals surface area contributed by atoms with Crippen LogP contribution in [0.3, 0.4) is 0 Å². The van der Waals surface area contributed by atoms with Gasteiger partial charge in [-0.15, -0.1) is 0 Å². The summed E-state index contributed by atoms with van der Waals surface area (Å²) >= 11 is 6.61. The number of fused-ring (bicyclic) bond motifs is 1. The largest absolute Gasteiger partial charge is 0.346 e. The number of benzene rings is 2. The fourth-order valence-electron chi connectivity index (χ4n) is 5.93. The number of sulfonamides is 1. The van der Waals surface area contributed by atoms with Crippen molar-refractivity contribution in [3.8, 4) is 23.0 Å². The van der Waals surface area contributed by atoms with Crippen molar-refractivity contribution in [3.05, 3.63) is 94.8 Å². The van der Waals surface area contributed by atoms with Crippen LogP contribution in [0.15, 0.2) is 61.2 Å². The highest BCUT2D eigenvalue weighted by Crippen LogP contribution is 2.40. The Morgan fingerprint density at radius 1 is 1.08 bits per heavy atom. The first-order chi connectivity index (χ1) is 24.4. The third kappa shape index (κ3) is 7.96. The molecule has 5 aromatic rings. The van der Waals surface area contributed by atoms with E-state index < -0.39 is 53.4 Å². The number of halogens is 3. The average molecular weight is 770 g/mol. The number of aryl methyl sites for hydroxylation is 1. The van der Waals surface area contributed by atoms with Crippen LogP contribution in [-0.2, 0) is 44.7 Å². The molecule has 6 rings (SSSR count). The molecule has 2 aromatic carbocycles. The molecule has 0 unspecified atom stereocenters. The highest BCUT2D eigenvalue weighted by atomic mass is 35.5. The number of anilines is 1. The van der Waals surface area contributed by atoms with Crippen LogP contribution >= 0.6 is 11.6 Å². The van der Waals surface area contributed by atoms with Crippen molar-refractivity contribution in [2.24, 2.45) is 7.05 Å². The Kier molecular flexibility index (Phi) is 9.90. The molecule has 0 spiro atoms. The minimum absolute atomic E-state index is 0.0108. The number of imidazole rings is 1. The van der Waals surface area contributed by atoms with Crippen molar-refractivity contribution >= 4 is 54.1 Å². The lowest BCUT2D eigenvalue weighted by Gasteiger charge is -2.23. The molecule has 272 valence electrons. The molecule has 0 aliphatic heterocycles. The predicted molar refractivity (Wildman–Crippen MR) is 193 cm³/mol. The van der Waals surface area contributed by atoms with Crippen LogP contribution in [0.4, 0.5) is 14.6 Å². The fourth-order valence-corrected chi connectivity index (χ4v) is 8.45. The van der Waals surface area contributed by atoms with E-state index in [1.54, 1.807) is 42.1 Å². The van der Waals surface area contributed by atoms with Gasteiger partial charge in [0, 0.05) is 36.6 Å². The Morgan fingerprint density at radius 3 is 2.40 bits per heavy atom. The van der Waals surface area contributed by atoms with E-state index in [0.717, 1.165) is 24.5 Å². The Labute approximate surface area is 304 Å². The van der Waals surface area contributed by atoms with Crippen molar-refractivity contribution < 1.29 is 30.4 Å². The van der Waals surface area contributed by atoms with E-state index >= 15 is 0 Å². The molecular formula is C35H34ClF2N7O5S2. The molecule has 3 aromatic heterocycles. The number of nitrogens with zero attached hydrogens (tertiary/aromatic N) is 5. The zero-order valence-corrected chi connectivity index (χ0v) is 30.9. The summed E-state index contributed by atoms with van der Waals surface area (Å²) in [6.07, 6.45) is 6.60. The SMILES string of the molecule is Cn1nc(NS(C)(=O)=O)c2c(Cl)ccc(-c3ccc(C#CC(C)(C)S(=O)(=O)C4CC4)nc3[C@H](Cc3cc(F)cc(F)c3)NC(=O)Cn3ccnc3)c21. The van der Waals surface area contributed by atoms with Gasteiger partial charge in [-0.1, -0.05) is 23.6 Å². The zero-order chi connectivity index (χ0) is 37.6. The normalized spacial score (nSPS) is 14.1. The third-order valence-corrected chi connectivity index (χ3v) is 12.3. The van der Waals surface area contributed by atoms with E-state index in [-0.39, 0.29) is 40.8 Å². The number of amides is 1. The van der Waals surface area contributed by atoms with Crippen LogP contribution in [0.25, 0.3) is 22.0 Å². The first-order valence-corrected chi connectivity index (χ1v) is 19.8. The fraction of sp³-hybridized carbons (Fsp3) is 0.314. The number of carbonyl (C=O) groups excluding carboxylic acids is 1. The Balaban J connectivity index is 1.55. The van der Waals surface area contributed by atoms with Crippen molar-refractivity contribution in [2.75, 3.05) is 11.0 Å². The molecule has 3 heterocycles. The maximum absolute atomic E-state index is 14.5. The van der Waals surface area contributed by atoms with Gasteiger partial charge in [-0.05, 0) is 74.9 Å². The van der Waals surface area contributed by atoms with Gasteiger partial charge in [0.15, 0.2) is 15.7 Å². The summed E-state index contributed by atoms with van der Waals surface area (Å²) in [5, 5.41) is 7.37. The van der Waals surface area contributed by atoms with Crippen LogP contribution in [0, 0.1) is 23.5 Å². The van der Waals surface area contributed by atoms with E-state index in [1.807, 2.05) is 0 Å². The predicted octanol–water partition coefficient (Wildman–Crippen LogP) is 4.94. The van der Waals surface area contributed by atoms with Crippen LogP contribution < -0.4 is 10.0 Å². The second-order valence-electron chi connectivity index (χ2n) is 13.1. The molecule has 2 N–H and O–H groups in total. The topological polar surface area (TPSA) is 158 Å². The van der Waals surface area contributed by atoms with E-state index in [4.69, 9.17) is 16.6 Å². The minimum atomic E-state index is -3.75. The Morgan fingerprint density at radius 2 is 1.77 bits per heavy atom. The Hall–Kier alpha value is -4.85. The summed E-state index contributed by atoms with van der Waals surface area (Å²) in [7, 11) is -5.71. The molecule has 1 aliphatic rings. The highest BCUT2D eigenvalue weighted by molar-refractivity contribution is 7.93. The first kappa shape index (κ1) is 36.9. The van der Waals surface area contributed by atoms with Crippen LogP contribution in [0.2, 0.25) is 5.02 Å². The van der Waals surface area contributed by atoms with Gasteiger partial charge in [0.2, 0.25) is 15.9 Å². The number of nitrogens with one attached hydrogen (secondary N) is 2. The molecule has 12 nitrogen and oxygen atoms in total. The molecule has 0 bridgehead atoms. The van der Waals surface area contributed by atoms with Crippen molar-refractivity contribution in [1.29, 1.82) is 0 Å². The number of hydrogen-bond donors (Lipinski definition) is 2. The van der Waals surface area contributed by atoms with Gasteiger partial charge in [0.1, 0.15) is 28.6 Å². The monoisotopic (exact) mass is 769 g/mol. The zero-order valence-electron chi connectivity index (χ0n) is 28.5. The summed E-state index contributed by atoms with van der Waals surface area (Å²) in [6.45, 7) is 2.94. The van der Waals surface area contributed by atoms with Gasteiger partial charge in [-0.2, -0.15) is 5.10 Å². The summed E-state index contributed by atoms with van der Waals surface area (Å²) in [4.78, 5) is 22.3. The lowest BCUT2D eigenvalue weighted by molar-refractivity contribution is -0.122. The average Bonchev–Trinajstić information content (AvgIpc) is 3.71.